The molecule has 1 unspecified atom stereocenters. The molecule has 0 fully saturated rings. The number of para-hydroxylation sites is 1. The molecule has 18 heavy (non-hydrogen) atoms. The normalized spacial score (nSPS) is 11.8. The van der Waals surface area contributed by atoms with Crippen LogP contribution in [-0.2, 0) is 9.53 Å². The van der Waals surface area contributed by atoms with Crippen molar-refractivity contribution in [1.82, 2.24) is 0 Å². The highest BCUT2D eigenvalue weighted by Crippen LogP contribution is 2.35. The number of methoxy groups -OCH3 is 1. The molecule has 0 aromatic heterocycles. The van der Waals surface area contributed by atoms with E-state index in [1.807, 2.05) is 6.92 Å². The summed E-state index contributed by atoms with van der Waals surface area (Å²) in [6.07, 6.45) is -1.37. The van der Waals surface area contributed by atoms with Crippen molar-refractivity contribution in [2.75, 3.05) is 20.3 Å². The first-order valence-electron chi connectivity index (χ1n) is 5.80. The molecule has 1 aromatic rings. The maximum Gasteiger partial charge on any atom is 0.339 e. The second-order valence-corrected chi connectivity index (χ2v) is 3.47. The SMILES string of the molecule is CCOC(=O)C(O)c1cccc(OC)c1OCC. The van der Waals surface area contributed by atoms with E-state index in [0.29, 0.717) is 23.7 Å². The number of esters is 1. The number of carbonyl (C=O) groups excluding carboxylic acids is 1. The van der Waals surface area contributed by atoms with Crippen molar-refractivity contribution in [2.24, 2.45) is 0 Å². The van der Waals surface area contributed by atoms with Crippen LogP contribution in [0.5, 0.6) is 11.5 Å². The van der Waals surface area contributed by atoms with E-state index in [2.05, 4.69) is 0 Å². The molecule has 0 aliphatic rings. The fourth-order valence-electron chi connectivity index (χ4n) is 1.56. The van der Waals surface area contributed by atoms with Crippen LogP contribution in [0, 0.1) is 0 Å². The number of rotatable bonds is 6. The second kappa shape index (κ2) is 6.86. The Kier molecular flexibility index (Phi) is 5.45. The van der Waals surface area contributed by atoms with E-state index in [0.717, 1.165) is 0 Å². The molecule has 1 N–H and O–H groups in total. The van der Waals surface area contributed by atoms with Gasteiger partial charge < -0.3 is 19.3 Å². The summed E-state index contributed by atoms with van der Waals surface area (Å²) in [6, 6.07) is 4.99. The van der Waals surface area contributed by atoms with Crippen molar-refractivity contribution in [3.8, 4) is 11.5 Å². The van der Waals surface area contributed by atoms with Crippen LogP contribution in [-0.4, -0.2) is 31.4 Å². The van der Waals surface area contributed by atoms with Gasteiger partial charge in [-0.1, -0.05) is 12.1 Å². The standard InChI is InChI=1S/C13H18O5/c1-4-17-12-9(7-6-8-10(12)16-3)11(14)13(15)18-5-2/h6-8,11,14H,4-5H2,1-3H3. The average molecular weight is 254 g/mol. The smallest absolute Gasteiger partial charge is 0.339 e. The van der Waals surface area contributed by atoms with Crippen LogP contribution in [0.2, 0.25) is 0 Å². The molecule has 1 atom stereocenters. The Morgan fingerprint density at radius 1 is 1.33 bits per heavy atom. The molecular weight excluding hydrogens is 236 g/mol. The molecule has 1 aromatic carbocycles. The van der Waals surface area contributed by atoms with Gasteiger partial charge >= 0.3 is 5.97 Å². The molecule has 5 heteroatoms. The van der Waals surface area contributed by atoms with Gasteiger partial charge in [-0.2, -0.15) is 0 Å². The molecule has 0 aliphatic carbocycles. The van der Waals surface area contributed by atoms with Crippen molar-refractivity contribution in [1.29, 1.82) is 0 Å². The van der Waals surface area contributed by atoms with Crippen LogP contribution in [0.15, 0.2) is 18.2 Å². The van der Waals surface area contributed by atoms with Crippen molar-refractivity contribution < 1.29 is 24.1 Å². The fourth-order valence-corrected chi connectivity index (χ4v) is 1.56. The predicted octanol–water partition coefficient (Wildman–Crippen LogP) is 1.69. The number of ether oxygens (including phenoxy) is 3. The second-order valence-electron chi connectivity index (χ2n) is 3.47. The van der Waals surface area contributed by atoms with Gasteiger partial charge in [-0.3, -0.25) is 0 Å². The van der Waals surface area contributed by atoms with E-state index in [1.54, 1.807) is 25.1 Å². The highest BCUT2D eigenvalue weighted by atomic mass is 16.5. The third-order valence-electron chi connectivity index (χ3n) is 2.32. The highest BCUT2D eigenvalue weighted by molar-refractivity contribution is 5.77. The molecular formula is C13H18O5. The number of hydrogen-bond acceptors (Lipinski definition) is 5. The zero-order chi connectivity index (χ0) is 13.5. The first-order chi connectivity index (χ1) is 8.65. The minimum absolute atomic E-state index is 0.212. The Morgan fingerprint density at radius 3 is 2.61 bits per heavy atom. The molecule has 5 nitrogen and oxygen atoms in total. The van der Waals surface area contributed by atoms with Crippen LogP contribution >= 0.6 is 0 Å². The molecule has 0 saturated carbocycles. The van der Waals surface area contributed by atoms with Gasteiger partial charge in [0.1, 0.15) is 0 Å². The lowest BCUT2D eigenvalue weighted by Crippen LogP contribution is -2.16. The topological polar surface area (TPSA) is 65.0 Å². The quantitative estimate of drug-likeness (QED) is 0.782. The Bertz CT molecular complexity index is 402. The molecule has 0 radical (unpaired) electrons. The van der Waals surface area contributed by atoms with Crippen molar-refractivity contribution in [3.63, 3.8) is 0 Å². The zero-order valence-corrected chi connectivity index (χ0v) is 10.8. The summed E-state index contributed by atoms with van der Waals surface area (Å²) in [5.74, 6) is 0.132. The molecule has 0 aliphatic heterocycles. The van der Waals surface area contributed by atoms with Gasteiger partial charge in [0.05, 0.1) is 20.3 Å². The number of aliphatic hydroxyl groups is 1. The average Bonchev–Trinajstić information content (AvgIpc) is 2.38. The molecule has 0 spiro atoms. The van der Waals surface area contributed by atoms with Crippen LogP contribution in [0.25, 0.3) is 0 Å². The first-order valence-corrected chi connectivity index (χ1v) is 5.80. The number of benzene rings is 1. The Labute approximate surface area is 106 Å². The predicted molar refractivity (Wildman–Crippen MR) is 65.8 cm³/mol. The summed E-state index contributed by atoms with van der Waals surface area (Å²) in [4.78, 5) is 11.5. The van der Waals surface area contributed by atoms with Crippen LogP contribution in [0.1, 0.15) is 25.5 Å². The van der Waals surface area contributed by atoms with E-state index < -0.39 is 12.1 Å². The van der Waals surface area contributed by atoms with E-state index in [1.165, 1.54) is 7.11 Å². The summed E-state index contributed by atoms with van der Waals surface area (Å²) in [5.41, 5.74) is 0.342. The maximum atomic E-state index is 11.5. The lowest BCUT2D eigenvalue weighted by Gasteiger charge is -2.17. The van der Waals surface area contributed by atoms with Crippen molar-refractivity contribution in [3.05, 3.63) is 23.8 Å². The Balaban J connectivity index is 3.10. The summed E-state index contributed by atoms with van der Waals surface area (Å²) >= 11 is 0. The van der Waals surface area contributed by atoms with Crippen LogP contribution < -0.4 is 9.47 Å². The van der Waals surface area contributed by atoms with Gasteiger partial charge in [-0.05, 0) is 19.9 Å². The highest BCUT2D eigenvalue weighted by Gasteiger charge is 2.24. The Morgan fingerprint density at radius 2 is 2.06 bits per heavy atom. The number of aliphatic hydroxyl groups excluding tert-OH is 1. The Hall–Kier alpha value is -1.75. The van der Waals surface area contributed by atoms with Crippen LogP contribution in [0.3, 0.4) is 0 Å². The van der Waals surface area contributed by atoms with Gasteiger partial charge in [0.25, 0.3) is 0 Å². The minimum atomic E-state index is -1.37. The summed E-state index contributed by atoms with van der Waals surface area (Å²) < 4.78 is 15.3. The maximum absolute atomic E-state index is 11.5. The zero-order valence-electron chi connectivity index (χ0n) is 10.8. The molecule has 0 bridgehead atoms. The van der Waals surface area contributed by atoms with E-state index in [4.69, 9.17) is 14.2 Å². The van der Waals surface area contributed by atoms with Crippen molar-refractivity contribution >= 4 is 5.97 Å². The van der Waals surface area contributed by atoms with Gasteiger partial charge in [-0.15, -0.1) is 0 Å². The van der Waals surface area contributed by atoms with E-state index in [9.17, 15) is 9.90 Å². The third kappa shape index (κ3) is 3.13. The lowest BCUT2D eigenvalue weighted by molar-refractivity contribution is -0.153. The summed E-state index contributed by atoms with van der Waals surface area (Å²) in [5, 5.41) is 9.94. The van der Waals surface area contributed by atoms with Gasteiger partial charge in [-0.25, -0.2) is 4.79 Å². The fraction of sp³-hybridized carbons (Fsp3) is 0.462. The molecule has 0 saturated heterocycles. The van der Waals surface area contributed by atoms with Gasteiger partial charge in [0.2, 0.25) is 0 Å². The van der Waals surface area contributed by atoms with E-state index in [-0.39, 0.29) is 6.61 Å². The molecule has 100 valence electrons. The largest absolute Gasteiger partial charge is 0.493 e. The van der Waals surface area contributed by atoms with Gasteiger partial charge in [0, 0.05) is 5.56 Å². The lowest BCUT2D eigenvalue weighted by atomic mass is 10.1. The van der Waals surface area contributed by atoms with Crippen LogP contribution in [0.4, 0.5) is 0 Å². The number of carbonyl (C=O) groups is 1. The molecule has 1 rings (SSSR count). The third-order valence-corrected chi connectivity index (χ3v) is 2.32. The minimum Gasteiger partial charge on any atom is -0.493 e. The molecule has 0 heterocycles. The van der Waals surface area contributed by atoms with Crippen molar-refractivity contribution in [2.45, 2.75) is 20.0 Å². The van der Waals surface area contributed by atoms with Gasteiger partial charge in [0.15, 0.2) is 17.6 Å². The first kappa shape index (κ1) is 14.3. The summed E-state index contributed by atoms with van der Waals surface area (Å²) in [6.45, 7) is 4.11. The summed E-state index contributed by atoms with van der Waals surface area (Å²) in [7, 11) is 1.50. The number of hydrogen-bond donors (Lipinski definition) is 1. The van der Waals surface area contributed by atoms with E-state index >= 15 is 0 Å². The molecule has 0 amide bonds. The monoisotopic (exact) mass is 254 g/mol.